The predicted molar refractivity (Wildman–Crippen MR) is 87.3 cm³/mol. The molecule has 1 fully saturated rings. The molecule has 0 radical (unpaired) electrons. The van der Waals surface area contributed by atoms with Gasteiger partial charge in [0.25, 0.3) is 0 Å². The van der Waals surface area contributed by atoms with Crippen LogP contribution in [0.4, 0.5) is 0 Å². The number of hydrogen-bond donors (Lipinski definition) is 3. The minimum absolute atomic E-state index is 0.307. The summed E-state index contributed by atoms with van der Waals surface area (Å²) in [6.07, 6.45) is 0.853. The van der Waals surface area contributed by atoms with E-state index in [4.69, 9.17) is 16.3 Å². The first kappa shape index (κ1) is 17.7. The van der Waals surface area contributed by atoms with Gasteiger partial charge in [-0.2, -0.15) is 0 Å². The Bertz CT molecular complexity index is 516. The van der Waals surface area contributed by atoms with Gasteiger partial charge < -0.3 is 20.3 Å². The van der Waals surface area contributed by atoms with Crippen molar-refractivity contribution in [2.75, 3.05) is 39.4 Å². The highest BCUT2D eigenvalue weighted by atomic mass is 35.5. The van der Waals surface area contributed by atoms with Gasteiger partial charge in [-0.3, -0.25) is 9.59 Å². The maximum Gasteiger partial charge on any atom is 0.309 e. The molecular formula is C16H23ClN3O3+. The number of ether oxygens (including phenoxy) is 1. The third-order valence-electron chi connectivity index (χ3n) is 3.77. The molecule has 126 valence electrons. The predicted octanol–water partition coefficient (Wildman–Crippen LogP) is -0.622. The van der Waals surface area contributed by atoms with Crippen molar-refractivity contribution >= 4 is 23.4 Å². The quantitative estimate of drug-likeness (QED) is 0.477. The molecular weight excluding hydrogens is 318 g/mol. The Morgan fingerprint density at radius 1 is 1.09 bits per heavy atom. The molecule has 1 aliphatic heterocycles. The fourth-order valence-electron chi connectivity index (χ4n) is 2.40. The maximum atomic E-state index is 11.7. The lowest BCUT2D eigenvalue weighted by Crippen LogP contribution is -3.14. The van der Waals surface area contributed by atoms with Gasteiger partial charge in [0.1, 0.15) is 13.1 Å². The van der Waals surface area contributed by atoms with Gasteiger partial charge in [0.05, 0.1) is 19.8 Å². The summed E-state index contributed by atoms with van der Waals surface area (Å²) in [5.41, 5.74) is 0.895. The Morgan fingerprint density at radius 2 is 1.74 bits per heavy atom. The second-order valence-electron chi connectivity index (χ2n) is 5.53. The van der Waals surface area contributed by atoms with Crippen LogP contribution in [0.2, 0.25) is 5.02 Å². The third-order valence-corrected chi connectivity index (χ3v) is 4.02. The van der Waals surface area contributed by atoms with Gasteiger partial charge >= 0.3 is 11.8 Å². The zero-order valence-corrected chi connectivity index (χ0v) is 13.8. The van der Waals surface area contributed by atoms with Crippen molar-refractivity contribution in [2.45, 2.75) is 13.0 Å². The van der Waals surface area contributed by atoms with Gasteiger partial charge in [0, 0.05) is 24.5 Å². The topological polar surface area (TPSA) is 71.9 Å². The number of carbonyl (C=O) groups is 2. The highest BCUT2D eigenvalue weighted by molar-refractivity contribution is 6.35. The highest BCUT2D eigenvalue weighted by Gasteiger charge is 2.15. The van der Waals surface area contributed by atoms with E-state index in [1.807, 2.05) is 12.1 Å². The summed E-state index contributed by atoms with van der Waals surface area (Å²) in [6.45, 7) is 5.42. The SMILES string of the molecule is O=C(NCCC[NH+]1CCOCC1)C(=O)NCc1ccc(Cl)cc1. The summed E-state index contributed by atoms with van der Waals surface area (Å²) < 4.78 is 5.29. The first-order valence-corrected chi connectivity index (χ1v) is 8.25. The zero-order valence-electron chi connectivity index (χ0n) is 13.1. The number of carbonyl (C=O) groups excluding carboxylic acids is 2. The Kier molecular flexibility index (Phi) is 7.32. The summed E-state index contributed by atoms with van der Waals surface area (Å²) in [6, 6.07) is 7.12. The van der Waals surface area contributed by atoms with Crippen molar-refractivity contribution in [2.24, 2.45) is 0 Å². The number of amides is 2. The molecule has 2 rings (SSSR count). The van der Waals surface area contributed by atoms with Crippen LogP contribution in [0.15, 0.2) is 24.3 Å². The standard InChI is InChI=1S/C16H22ClN3O3/c17-14-4-2-13(3-5-14)12-19-16(22)15(21)18-6-1-7-20-8-10-23-11-9-20/h2-5H,1,6-12H2,(H,18,21)(H,19,22)/p+1. The molecule has 0 aromatic heterocycles. The summed E-state index contributed by atoms with van der Waals surface area (Å²) in [7, 11) is 0. The van der Waals surface area contributed by atoms with Crippen molar-refractivity contribution in [1.29, 1.82) is 0 Å². The lowest BCUT2D eigenvalue weighted by Gasteiger charge is -2.23. The van der Waals surface area contributed by atoms with E-state index in [9.17, 15) is 9.59 Å². The van der Waals surface area contributed by atoms with Crippen molar-refractivity contribution in [3.8, 4) is 0 Å². The van der Waals surface area contributed by atoms with Crippen LogP contribution in [0.25, 0.3) is 0 Å². The minimum atomic E-state index is -0.612. The smallest absolute Gasteiger partial charge is 0.309 e. The van der Waals surface area contributed by atoms with Crippen molar-refractivity contribution < 1.29 is 19.2 Å². The first-order chi connectivity index (χ1) is 11.1. The molecule has 1 aromatic rings. The minimum Gasteiger partial charge on any atom is -0.370 e. The van der Waals surface area contributed by atoms with Gasteiger partial charge in [-0.25, -0.2) is 0 Å². The molecule has 1 saturated heterocycles. The molecule has 0 unspecified atom stereocenters. The van der Waals surface area contributed by atoms with Crippen LogP contribution < -0.4 is 15.5 Å². The second-order valence-corrected chi connectivity index (χ2v) is 5.97. The fourth-order valence-corrected chi connectivity index (χ4v) is 2.52. The number of halogens is 1. The summed E-state index contributed by atoms with van der Waals surface area (Å²) in [5, 5.41) is 5.88. The Hall–Kier alpha value is -1.63. The lowest BCUT2D eigenvalue weighted by molar-refractivity contribution is -0.908. The van der Waals surface area contributed by atoms with Gasteiger partial charge in [0.15, 0.2) is 0 Å². The molecule has 2 amide bonds. The maximum absolute atomic E-state index is 11.7. The molecule has 0 spiro atoms. The number of morpholine rings is 1. The number of quaternary nitrogens is 1. The van der Waals surface area contributed by atoms with Crippen LogP contribution in [-0.2, 0) is 20.9 Å². The average Bonchev–Trinajstić information content (AvgIpc) is 2.58. The van der Waals surface area contributed by atoms with Crippen molar-refractivity contribution in [3.63, 3.8) is 0 Å². The van der Waals surface area contributed by atoms with E-state index < -0.39 is 11.8 Å². The number of rotatable bonds is 6. The van der Waals surface area contributed by atoms with E-state index in [0.717, 1.165) is 44.8 Å². The van der Waals surface area contributed by atoms with E-state index in [-0.39, 0.29) is 0 Å². The van der Waals surface area contributed by atoms with E-state index in [2.05, 4.69) is 10.6 Å². The molecule has 1 aromatic carbocycles. The largest absolute Gasteiger partial charge is 0.370 e. The van der Waals surface area contributed by atoms with Crippen LogP contribution in [0.5, 0.6) is 0 Å². The van der Waals surface area contributed by atoms with Gasteiger partial charge in [0.2, 0.25) is 0 Å². The van der Waals surface area contributed by atoms with Crippen LogP contribution in [0.1, 0.15) is 12.0 Å². The molecule has 6 nitrogen and oxygen atoms in total. The molecule has 3 N–H and O–H groups in total. The van der Waals surface area contributed by atoms with Crippen LogP contribution >= 0.6 is 11.6 Å². The summed E-state index contributed by atoms with van der Waals surface area (Å²) in [4.78, 5) is 24.9. The normalized spacial score (nSPS) is 15.2. The zero-order chi connectivity index (χ0) is 16.5. The first-order valence-electron chi connectivity index (χ1n) is 7.87. The van der Waals surface area contributed by atoms with E-state index in [1.165, 1.54) is 4.90 Å². The van der Waals surface area contributed by atoms with Crippen molar-refractivity contribution in [3.05, 3.63) is 34.9 Å². The van der Waals surface area contributed by atoms with E-state index >= 15 is 0 Å². The van der Waals surface area contributed by atoms with Crippen molar-refractivity contribution in [1.82, 2.24) is 10.6 Å². The average molecular weight is 341 g/mol. The molecule has 1 aliphatic rings. The number of nitrogens with one attached hydrogen (secondary N) is 3. The molecule has 7 heteroatoms. The van der Waals surface area contributed by atoms with Gasteiger partial charge in [-0.05, 0) is 17.7 Å². The van der Waals surface area contributed by atoms with E-state index in [0.29, 0.717) is 18.1 Å². The number of benzene rings is 1. The van der Waals surface area contributed by atoms with Gasteiger partial charge in [-0.1, -0.05) is 23.7 Å². The number of hydrogen-bond acceptors (Lipinski definition) is 3. The molecule has 23 heavy (non-hydrogen) atoms. The molecule has 0 bridgehead atoms. The van der Waals surface area contributed by atoms with Crippen LogP contribution in [0, 0.1) is 0 Å². The third kappa shape index (κ3) is 6.56. The van der Waals surface area contributed by atoms with Crippen LogP contribution in [-0.4, -0.2) is 51.2 Å². The Balaban J connectivity index is 1.59. The van der Waals surface area contributed by atoms with E-state index in [1.54, 1.807) is 12.1 Å². The molecule has 0 aliphatic carbocycles. The summed E-state index contributed by atoms with van der Waals surface area (Å²) >= 11 is 5.79. The van der Waals surface area contributed by atoms with Gasteiger partial charge in [-0.15, -0.1) is 0 Å². The fraction of sp³-hybridized carbons (Fsp3) is 0.500. The Labute approximate surface area is 141 Å². The highest BCUT2D eigenvalue weighted by Crippen LogP contribution is 2.08. The Morgan fingerprint density at radius 3 is 2.43 bits per heavy atom. The second kappa shape index (κ2) is 9.50. The van der Waals surface area contributed by atoms with Crippen LogP contribution in [0.3, 0.4) is 0 Å². The molecule has 0 atom stereocenters. The monoisotopic (exact) mass is 340 g/mol. The molecule has 1 heterocycles. The molecule has 0 saturated carbocycles. The lowest BCUT2D eigenvalue weighted by atomic mass is 10.2. The summed E-state index contributed by atoms with van der Waals surface area (Å²) in [5.74, 6) is -1.20.